The molecule has 3 aromatic rings. The topological polar surface area (TPSA) is 77.7 Å². The Morgan fingerprint density at radius 1 is 1.14 bits per heavy atom. The van der Waals surface area contributed by atoms with Gasteiger partial charge in [-0.3, -0.25) is 4.79 Å². The van der Waals surface area contributed by atoms with Crippen molar-refractivity contribution in [1.82, 2.24) is 15.1 Å². The lowest BCUT2D eigenvalue weighted by atomic mass is 10.1. The zero-order valence-electron chi connectivity index (χ0n) is 16.1. The minimum absolute atomic E-state index is 0.119. The maximum atomic E-state index is 13.1. The Morgan fingerprint density at radius 3 is 2.59 bits per heavy atom. The molecule has 1 saturated carbocycles. The molecule has 0 N–H and O–H groups in total. The lowest BCUT2D eigenvalue weighted by molar-refractivity contribution is 0.0714. The second-order valence-electron chi connectivity index (χ2n) is 6.71. The minimum Gasteiger partial charge on any atom is -0.493 e. The first-order valence-corrected chi connectivity index (χ1v) is 9.58. The number of carbonyl (C=O) groups is 1. The molecular weight excluding hydrogens is 394 g/mol. The summed E-state index contributed by atoms with van der Waals surface area (Å²) in [6, 6.07) is 12.5. The molecule has 1 aliphatic rings. The van der Waals surface area contributed by atoms with E-state index in [1.54, 1.807) is 43.4 Å². The van der Waals surface area contributed by atoms with Gasteiger partial charge in [0.2, 0.25) is 11.8 Å². The van der Waals surface area contributed by atoms with Crippen LogP contribution in [0.3, 0.4) is 0 Å². The van der Waals surface area contributed by atoms with Crippen molar-refractivity contribution >= 4 is 17.5 Å². The number of carbonyl (C=O) groups excluding carboxylic acids is 1. The molecule has 0 spiro atoms. The van der Waals surface area contributed by atoms with Crippen LogP contribution in [0.1, 0.15) is 29.1 Å². The van der Waals surface area contributed by atoms with E-state index >= 15 is 0 Å². The summed E-state index contributed by atoms with van der Waals surface area (Å²) in [5.41, 5.74) is 1.18. The number of ether oxygens (including phenoxy) is 2. The van der Waals surface area contributed by atoms with Crippen molar-refractivity contribution in [3.8, 4) is 23.0 Å². The maximum Gasteiger partial charge on any atom is 0.254 e. The Bertz CT molecular complexity index is 1030. The molecule has 1 aromatic heterocycles. The Balaban J connectivity index is 1.56. The summed E-state index contributed by atoms with van der Waals surface area (Å²) in [6.45, 7) is 0.231. The van der Waals surface area contributed by atoms with Crippen LogP contribution in [0.2, 0.25) is 5.02 Å². The number of amides is 1. The molecule has 0 radical (unpaired) electrons. The van der Waals surface area contributed by atoms with E-state index in [0.29, 0.717) is 39.4 Å². The van der Waals surface area contributed by atoms with Gasteiger partial charge in [0, 0.05) is 11.6 Å². The second kappa shape index (κ2) is 8.13. The fourth-order valence-corrected chi connectivity index (χ4v) is 3.31. The summed E-state index contributed by atoms with van der Waals surface area (Å²) < 4.78 is 16.3. The third-order valence-electron chi connectivity index (χ3n) is 4.76. The molecule has 4 rings (SSSR count). The maximum absolute atomic E-state index is 13.1. The first-order chi connectivity index (χ1) is 14.1. The van der Waals surface area contributed by atoms with E-state index in [4.69, 9.17) is 25.5 Å². The van der Waals surface area contributed by atoms with Crippen LogP contribution in [0.25, 0.3) is 11.5 Å². The Morgan fingerprint density at radius 2 is 1.90 bits per heavy atom. The summed E-state index contributed by atoms with van der Waals surface area (Å²) in [6.07, 6.45) is 1.90. The zero-order valence-corrected chi connectivity index (χ0v) is 16.8. The quantitative estimate of drug-likeness (QED) is 0.577. The molecule has 2 aromatic carbocycles. The van der Waals surface area contributed by atoms with Crippen LogP contribution in [-0.4, -0.2) is 41.3 Å². The summed E-state index contributed by atoms with van der Waals surface area (Å²) in [4.78, 5) is 14.9. The predicted molar refractivity (Wildman–Crippen MR) is 107 cm³/mol. The largest absolute Gasteiger partial charge is 0.493 e. The van der Waals surface area contributed by atoms with Gasteiger partial charge in [-0.1, -0.05) is 23.7 Å². The highest BCUT2D eigenvalue weighted by Gasteiger charge is 2.34. The van der Waals surface area contributed by atoms with Crippen molar-refractivity contribution in [3.63, 3.8) is 0 Å². The number of halogens is 1. The monoisotopic (exact) mass is 413 g/mol. The number of benzene rings is 2. The summed E-state index contributed by atoms with van der Waals surface area (Å²) >= 11 is 6.20. The lowest BCUT2D eigenvalue weighted by Crippen LogP contribution is -2.32. The molecule has 8 heteroatoms. The molecule has 7 nitrogen and oxygen atoms in total. The third-order valence-corrected chi connectivity index (χ3v) is 5.09. The van der Waals surface area contributed by atoms with Gasteiger partial charge in [-0.25, -0.2) is 0 Å². The van der Waals surface area contributed by atoms with Crippen LogP contribution in [0, 0.1) is 0 Å². The van der Waals surface area contributed by atoms with E-state index in [2.05, 4.69) is 10.2 Å². The highest BCUT2D eigenvalue weighted by molar-refractivity contribution is 6.33. The molecule has 0 unspecified atom stereocenters. The van der Waals surface area contributed by atoms with E-state index in [0.717, 1.165) is 12.8 Å². The molecule has 0 saturated heterocycles. The predicted octanol–water partition coefficient (Wildman–Crippen LogP) is 4.21. The number of methoxy groups -OCH3 is 2. The first-order valence-electron chi connectivity index (χ1n) is 9.21. The van der Waals surface area contributed by atoms with Crippen molar-refractivity contribution < 1.29 is 18.7 Å². The van der Waals surface area contributed by atoms with Gasteiger partial charge in [-0.2, -0.15) is 0 Å². The standard InChI is InChI=1S/C21H20ClN3O4/c1-27-17-10-7-13(11-18(17)28-2)21(26)25(14-8-9-14)12-19-23-24-20(29-19)15-5-3-4-6-16(15)22/h3-7,10-11,14H,8-9,12H2,1-2H3. The van der Waals surface area contributed by atoms with Crippen LogP contribution in [-0.2, 0) is 6.54 Å². The average molecular weight is 414 g/mol. The Labute approximate surface area is 173 Å². The fourth-order valence-electron chi connectivity index (χ4n) is 3.09. The third kappa shape index (κ3) is 4.05. The number of rotatable bonds is 7. The highest BCUT2D eigenvalue weighted by atomic mass is 35.5. The highest BCUT2D eigenvalue weighted by Crippen LogP contribution is 2.33. The van der Waals surface area contributed by atoms with E-state index in [1.807, 2.05) is 18.2 Å². The molecule has 1 fully saturated rings. The molecule has 150 valence electrons. The van der Waals surface area contributed by atoms with Crippen LogP contribution >= 0.6 is 11.6 Å². The van der Waals surface area contributed by atoms with Crippen LogP contribution in [0.5, 0.6) is 11.5 Å². The smallest absolute Gasteiger partial charge is 0.254 e. The summed E-state index contributed by atoms with van der Waals surface area (Å²) in [5, 5.41) is 8.72. The minimum atomic E-state index is -0.119. The Kier molecular flexibility index (Phi) is 5.40. The van der Waals surface area contributed by atoms with E-state index in [9.17, 15) is 4.79 Å². The molecule has 0 bridgehead atoms. The van der Waals surface area contributed by atoms with Gasteiger partial charge in [0.25, 0.3) is 5.91 Å². The molecular formula is C21H20ClN3O4. The van der Waals surface area contributed by atoms with E-state index in [-0.39, 0.29) is 18.5 Å². The summed E-state index contributed by atoms with van der Waals surface area (Å²) in [5.74, 6) is 1.66. The van der Waals surface area contributed by atoms with Crippen LogP contribution < -0.4 is 9.47 Å². The van der Waals surface area contributed by atoms with Gasteiger partial charge >= 0.3 is 0 Å². The van der Waals surface area contributed by atoms with Gasteiger partial charge in [0.15, 0.2) is 11.5 Å². The van der Waals surface area contributed by atoms with Crippen molar-refractivity contribution in [2.75, 3.05) is 14.2 Å². The number of hydrogen-bond donors (Lipinski definition) is 0. The zero-order chi connectivity index (χ0) is 20.4. The van der Waals surface area contributed by atoms with Crippen LogP contribution in [0.15, 0.2) is 46.9 Å². The SMILES string of the molecule is COc1ccc(C(=O)N(Cc2nnc(-c3ccccc3Cl)o2)C2CC2)cc1OC. The van der Waals surface area contributed by atoms with Crippen molar-refractivity contribution in [2.24, 2.45) is 0 Å². The lowest BCUT2D eigenvalue weighted by Gasteiger charge is -2.21. The number of aromatic nitrogens is 2. The molecule has 1 aliphatic carbocycles. The summed E-state index contributed by atoms with van der Waals surface area (Å²) in [7, 11) is 3.10. The van der Waals surface area contributed by atoms with Crippen LogP contribution in [0.4, 0.5) is 0 Å². The first kappa shape index (κ1) is 19.3. The van der Waals surface area contributed by atoms with Gasteiger partial charge in [-0.05, 0) is 43.2 Å². The molecule has 1 amide bonds. The average Bonchev–Trinajstić information content (AvgIpc) is 3.49. The van der Waals surface area contributed by atoms with Gasteiger partial charge < -0.3 is 18.8 Å². The molecule has 0 aliphatic heterocycles. The van der Waals surface area contributed by atoms with Gasteiger partial charge in [-0.15, -0.1) is 10.2 Å². The second-order valence-corrected chi connectivity index (χ2v) is 7.12. The van der Waals surface area contributed by atoms with Gasteiger partial charge in [0.05, 0.1) is 31.4 Å². The molecule has 0 atom stereocenters. The number of hydrogen-bond acceptors (Lipinski definition) is 6. The molecule has 1 heterocycles. The van der Waals surface area contributed by atoms with E-state index in [1.165, 1.54) is 0 Å². The van der Waals surface area contributed by atoms with Crippen molar-refractivity contribution in [1.29, 1.82) is 0 Å². The number of nitrogens with zero attached hydrogens (tertiary/aromatic N) is 3. The van der Waals surface area contributed by atoms with Gasteiger partial charge in [0.1, 0.15) is 0 Å². The molecule has 29 heavy (non-hydrogen) atoms. The normalized spacial score (nSPS) is 13.2. The van der Waals surface area contributed by atoms with E-state index < -0.39 is 0 Å². The van der Waals surface area contributed by atoms with Crippen molar-refractivity contribution in [3.05, 3.63) is 58.9 Å². The Hall–Kier alpha value is -3.06. The van der Waals surface area contributed by atoms with Crippen molar-refractivity contribution in [2.45, 2.75) is 25.4 Å². The fraction of sp³-hybridized carbons (Fsp3) is 0.286.